The normalized spacial score (nSPS) is 17.9. The van der Waals surface area contributed by atoms with Crippen LogP contribution >= 0.6 is 0 Å². The Kier molecular flexibility index (Phi) is 3.14. The average molecular weight is 294 g/mol. The maximum Gasteiger partial charge on any atom is 0.431 e. The Morgan fingerprint density at radius 1 is 1.19 bits per heavy atom. The van der Waals surface area contributed by atoms with E-state index in [1.54, 1.807) is 24.3 Å². The molecule has 6 heteroatoms. The molecule has 1 N–H and O–H groups in total. The number of nitrogens with zero attached hydrogens (tertiary/aromatic N) is 1. The number of rotatable bonds is 2. The van der Waals surface area contributed by atoms with Gasteiger partial charge in [0.1, 0.15) is 5.69 Å². The van der Waals surface area contributed by atoms with E-state index in [2.05, 4.69) is 9.98 Å². The van der Waals surface area contributed by atoms with Gasteiger partial charge >= 0.3 is 6.18 Å². The molecule has 3 nitrogen and oxygen atoms in total. The molecule has 0 bridgehead atoms. The van der Waals surface area contributed by atoms with Gasteiger partial charge in [-0.15, -0.1) is 0 Å². The average Bonchev–Trinajstić information content (AvgIpc) is 3.04. The van der Waals surface area contributed by atoms with E-state index in [9.17, 15) is 18.0 Å². The van der Waals surface area contributed by atoms with Crippen molar-refractivity contribution in [3.63, 3.8) is 0 Å². The van der Waals surface area contributed by atoms with Crippen LogP contribution in [-0.4, -0.2) is 11.1 Å². The molecule has 21 heavy (non-hydrogen) atoms. The maximum absolute atomic E-state index is 12.7. The minimum Gasteiger partial charge on any atom is -0.351 e. The quantitative estimate of drug-likeness (QED) is 0.651. The molecule has 1 aliphatic rings. The van der Waals surface area contributed by atoms with E-state index in [1.807, 2.05) is 0 Å². The highest BCUT2D eigenvalue weighted by Gasteiger charge is 2.36. The first kappa shape index (κ1) is 13.9. The summed E-state index contributed by atoms with van der Waals surface area (Å²) in [5.74, 6) is 0. The molecular weight excluding hydrogens is 281 g/mol. The van der Waals surface area contributed by atoms with Crippen molar-refractivity contribution >= 4 is 17.0 Å². The zero-order valence-corrected chi connectivity index (χ0v) is 11.1. The van der Waals surface area contributed by atoms with Crippen molar-refractivity contribution in [2.45, 2.75) is 37.4 Å². The fourth-order valence-corrected chi connectivity index (χ4v) is 3.09. The van der Waals surface area contributed by atoms with Crippen molar-refractivity contribution in [2.24, 2.45) is 4.99 Å². The van der Waals surface area contributed by atoms with Gasteiger partial charge in [0.2, 0.25) is 6.08 Å². The van der Waals surface area contributed by atoms with Crippen LogP contribution in [0.5, 0.6) is 0 Å². The van der Waals surface area contributed by atoms with Crippen molar-refractivity contribution in [2.75, 3.05) is 0 Å². The van der Waals surface area contributed by atoms with Crippen molar-refractivity contribution in [1.29, 1.82) is 0 Å². The Morgan fingerprint density at radius 3 is 2.52 bits per heavy atom. The highest BCUT2D eigenvalue weighted by atomic mass is 19.4. The predicted molar refractivity (Wildman–Crippen MR) is 71.6 cm³/mol. The molecule has 0 amide bonds. The number of benzene rings is 1. The molecule has 1 saturated carbocycles. The lowest BCUT2D eigenvalue weighted by Crippen LogP contribution is -2.18. The summed E-state index contributed by atoms with van der Waals surface area (Å²) in [5, 5.41) is 0.479. The van der Waals surface area contributed by atoms with Crippen LogP contribution in [0.15, 0.2) is 29.3 Å². The van der Waals surface area contributed by atoms with E-state index in [0.29, 0.717) is 10.9 Å². The lowest BCUT2D eigenvalue weighted by atomic mass is 9.88. The largest absolute Gasteiger partial charge is 0.431 e. The van der Waals surface area contributed by atoms with Crippen LogP contribution in [0.2, 0.25) is 0 Å². The Labute approximate surface area is 118 Å². The van der Waals surface area contributed by atoms with Gasteiger partial charge in [-0.25, -0.2) is 4.79 Å². The van der Waals surface area contributed by atoms with Gasteiger partial charge in [-0.3, -0.25) is 0 Å². The minimum atomic E-state index is -4.40. The molecule has 2 aromatic rings. The number of alkyl halides is 3. The van der Waals surface area contributed by atoms with Gasteiger partial charge < -0.3 is 4.98 Å². The van der Waals surface area contributed by atoms with Crippen molar-refractivity contribution in [1.82, 2.24) is 4.98 Å². The molecule has 1 aromatic heterocycles. The first-order valence-electron chi connectivity index (χ1n) is 6.74. The number of hydrogen-bond acceptors (Lipinski definition) is 2. The zero-order valence-electron chi connectivity index (χ0n) is 11.1. The van der Waals surface area contributed by atoms with E-state index in [0.717, 1.165) is 37.3 Å². The summed E-state index contributed by atoms with van der Waals surface area (Å²) in [6.07, 6.45) is 0.566. The summed E-state index contributed by atoms with van der Waals surface area (Å²) in [7, 11) is 0. The molecule has 1 fully saturated rings. The highest BCUT2D eigenvalue weighted by molar-refractivity contribution is 5.81. The van der Waals surface area contributed by atoms with E-state index in [-0.39, 0.29) is 0 Å². The lowest BCUT2D eigenvalue weighted by molar-refractivity contribution is -0.140. The number of isocyanates is 1. The smallest absolute Gasteiger partial charge is 0.351 e. The fraction of sp³-hybridized carbons (Fsp3) is 0.400. The third-order valence-electron chi connectivity index (χ3n) is 4.15. The zero-order chi connectivity index (χ0) is 15.1. The molecule has 0 saturated heterocycles. The molecule has 0 aliphatic heterocycles. The summed E-state index contributed by atoms with van der Waals surface area (Å²) in [4.78, 5) is 17.0. The van der Waals surface area contributed by atoms with Crippen molar-refractivity contribution in [3.05, 3.63) is 35.5 Å². The number of fused-ring (bicyclic) bond motifs is 1. The minimum absolute atomic E-state index is 0.425. The van der Waals surface area contributed by atoms with Crippen LogP contribution in [0.25, 0.3) is 10.9 Å². The third kappa shape index (κ3) is 2.36. The number of carbonyl (C=O) groups excluding carboxylic acids is 1. The van der Waals surface area contributed by atoms with Gasteiger partial charge in [0.05, 0.1) is 5.54 Å². The van der Waals surface area contributed by atoms with Gasteiger partial charge in [0.15, 0.2) is 0 Å². The van der Waals surface area contributed by atoms with Crippen LogP contribution in [0.1, 0.15) is 36.9 Å². The number of nitrogens with one attached hydrogen (secondary N) is 1. The summed E-state index contributed by atoms with van der Waals surface area (Å²) in [6, 6.07) is 6.13. The monoisotopic (exact) mass is 294 g/mol. The SMILES string of the molecule is O=C=NC1(c2ccc3[nH]c(C(F)(F)F)cc3c2)CCCC1. The molecule has 1 aliphatic carbocycles. The van der Waals surface area contributed by atoms with Crippen LogP contribution in [-0.2, 0) is 16.5 Å². The Morgan fingerprint density at radius 2 is 1.90 bits per heavy atom. The Bertz CT molecular complexity index is 720. The van der Waals surface area contributed by atoms with Gasteiger partial charge in [-0.05, 0) is 36.6 Å². The molecule has 0 atom stereocenters. The maximum atomic E-state index is 12.7. The highest BCUT2D eigenvalue weighted by Crippen LogP contribution is 2.43. The topological polar surface area (TPSA) is 45.2 Å². The van der Waals surface area contributed by atoms with Gasteiger partial charge in [-0.1, -0.05) is 18.9 Å². The summed E-state index contributed by atoms with van der Waals surface area (Å²) in [6.45, 7) is 0. The third-order valence-corrected chi connectivity index (χ3v) is 4.15. The molecule has 1 heterocycles. The molecule has 3 rings (SSSR count). The van der Waals surface area contributed by atoms with Crippen LogP contribution in [0.3, 0.4) is 0 Å². The standard InChI is InChI=1S/C15H13F3N2O/c16-15(17,18)13-8-10-7-11(3-4-12(10)20-13)14(19-9-21)5-1-2-6-14/h3-4,7-8,20H,1-2,5-6H2. The van der Waals surface area contributed by atoms with Crippen molar-refractivity contribution < 1.29 is 18.0 Å². The number of halogens is 3. The number of aliphatic imine (C=N–C) groups is 1. The van der Waals surface area contributed by atoms with E-state index >= 15 is 0 Å². The summed E-state index contributed by atoms with van der Waals surface area (Å²) < 4.78 is 38.2. The van der Waals surface area contributed by atoms with E-state index in [4.69, 9.17) is 0 Å². The predicted octanol–water partition coefficient (Wildman–Crippen LogP) is 4.29. The lowest BCUT2D eigenvalue weighted by Gasteiger charge is -2.22. The Balaban J connectivity index is 2.10. The van der Waals surface area contributed by atoms with Gasteiger partial charge in [-0.2, -0.15) is 18.2 Å². The van der Waals surface area contributed by atoms with Gasteiger partial charge in [0.25, 0.3) is 0 Å². The number of aromatic nitrogens is 1. The number of H-pyrrole nitrogens is 1. The second kappa shape index (κ2) is 4.74. The van der Waals surface area contributed by atoms with E-state index < -0.39 is 17.4 Å². The van der Waals surface area contributed by atoms with E-state index in [1.165, 1.54) is 0 Å². The Hall–Kier alpha value is -2.07. The molecule has 0 spiro atoms. The number of aromatic amines is 1. The number of hydrogen-bond donors (Lipinski definition) is 1. The molecular formula is C15H13F3N2O. The van der Waals surface area contributed by atoms with Crippen LogP contribution < -0.4 is 0 Å². The van der Waals surface area contributed by atoms with Crippen LogP contribution in [0, 0.1) is 0 Å². The molecule has 1 aromatic carbocycles. The summed E-state index contributed by atoms with van der Waals surface area (Å²) in [5.41, 5.74) is -0.183. The summed E-state index contributed by atoms with van der Waals surface area (Å²) >= 11 is 0. The molecule has 110 valence electrons. The van der Waals surface area contributed by atoms with Crippen molar-refractivity contribution in [3.8, 4) is 0 Å². The van der Waals surface area contributed by atoms with Crippen LogP contribution in [0.4, 0.5) is 13.2 Å². The molecule has 0 radical (unpaired) electrons. The fourth-order valence-electron chi connectivity index (χ4n) is 3.09. The van der Waals surface area contributed by atoms with Gasteiger partial charge in [0, 0.05) is 10.9 Å². The second-order valence-corrected chi connectivity index (χ2v) is 5.42. The first-order chi connectivity index (χ1) is 9.94. The second-order valence-electron chi connectivity index (χ2n) is 5.42. The molecule has 0 unspecified atom stereocenters. The first-order valence-corrected chi connectivity index (χ1v) is 6.74.